The second kappa shape index (κ2) is 7.83. The van der Waals surface area contributed by atoms with Gasteiger partial charge in [-0.25, -0.2) is 0 Å². The van der Waals surface area contributed by atoms with E-state index in [1.54, 1.807) is 13.0 Å². The van der Waals surface area contributed by atoms with Gasteiger partial charge in [-0.2, -0.15) is 0 Å². The molecule has 1 aromatic rings. The Labute approximate surface area is 105 Å². The summed E-state index contributed by atoms with van der Waals surface area (Å²) in [5.74, 6) is 0.0913. The minimum atomic E-state index is 0.0913. The molecule has 0 spiro atoms. The van der Waals surface area contributed by atoms with Crippen molar-refractivity contribution in [3.63, 3.8) is 0 Å². The molecule has 0 aliphatic heterocycles. The predicted octanol–water partition coefficient (Wildman–Crippen LogP) is 4.41. The molecule has 0 bridgehead atoms. The third-order valence-corrected chi connectivity index (χ3v) is 2.81. The zero-order valence-electron chi connectivity index (χ0n) is 10.9. The highest BCUT2D eigenvalue weighted by Gasteiger charge is 1.94. The number of rotatable bonds is 7. The lowest BCUT2D eigenvalue weighted by atomic mass is 10.0. The summed E-state index contributed by atoms with van der Waals surface area (Å²) < 4.78 is 0. The van der Waals surface area contributed by atoms with Gasteiger partial charge in [0.15, 0.2) is 5.78 Å². The Morgan fingerprint density at radius 3 is 2.41 bits per heavy atom. The minimum absolute atomic E-state index is 0.0913. The Morgan fingerprint density at radius 1 is 1.12 bits per heavy atom. The van der Waals surface area contributed by atoms with Gasteiger partial charge in [-0.05, 0) is 37.0 Å². The van der Waals surface area contributed by atoms with E-state index in [9.17, 15) is 4.79 Å². The largest absolute Gasteiger partial charge is 0.295 e. The van der Waals surface area contributed by atoms with Crippen LogP contribution in [0.15, 0.2) is 30.3 Å². The van der Waals surface area contributed by atoms with Crippen LogP contribution < -0.4 is 0 Å². The summed E-state index contributed by atoms with van der Waals surface area (Å²) in [7, 11) is 0. The average molecular weight is 230 g/mol. The van der Waals surface area contributed by atoms with Gasteiger partial charge in [0.05, 0.1) is 0 Å². The van der Waals surface area contributed by atoms with Crippen LogP contribution in [0.3, 0.4) is 0 Å². The first-order valence-electron chi connectivity index (χ1n) is 6.50. The van der Waals surface area contributed by atoms with Crippen LogP contribution in [0.25, 0.3) is 6.08 Å². The molecule has 1 heteroatoms. The van der Waals surface area contributed by atoms with Crippen molar-refractivity contribution in [2.24, 2.45) is 0 Å². The van der Waals surface area contributed by atoms with Crippen molar-refractivity contribution < 1.29 is 4.79 Å². The number of carbonyl (C=O) groups excluding carboxylic acids is 1. The standard InChI is InChI=1S/C16H22O/c1-3-4-5-6-7-15-10-12-16(13-11-15)9-8-14(2)17/h8-13H,3-7H2,1-2H3. The van der Waals surface area contributed by atoms with Gasteiger partial charge in [0, 0.05) is 0 Å². The van der Waals surface area contributed by atoms with Crippen molar-refractivity contribution in [1.29, 1.82) is 0 Å². The molecule has 0 aliphatic carbocycles. The van der Waals surface area contributed by atoms with Crippen molar-refractivity contribution in [2.75, 3.05) is 0 Å². The summed E-state index contributed by atoms with van der Waals surface area (Å²) in [6, 6.07) is 8.47. The van der Waals surface area contributed by atoms with Crippen LogP contribution in [0.1, 0.15) is 50.7 Å². The second-order valence-electron chi connectivity index (χ2n) is 4.50. The fourth-order valence-corrected chi connectivity index (χ4v) is 1.76. The van der Waals surface area contributed by atoms with Crippen molar-refractivity contribution in [1.82, 2.24) is 0 Å². The molecule has 1 nitrogen and oxygen atoms in total. The molecule has 0 heterocycles. The van der Waals surface area contributed by atoms with Crippen LogP contribution in [-0.2, 0) is 11.2 Å². The van der Waals surface area contributed by atoms with E-state index >= 15 is 0 Å². The molecular weight excluding hydrogens is 208 g/mol. The smallest absolute Gasteiger partial charge is 0.152 e. The van der Waals surface area contributed by atoms with Crippen LogP contribution >= 0.6 is 0 Å². The van der Waals surface area contributed by atoms with Crippen LogP contribution in [-0.4, -0.2) is 5.78 Å². The fourth-order valence-electron chi connectivity index (χ4n) is 1.76. The molecule has 0 unspecified atom stereocenters. The molecule has 17 heavy (non-hydrogen) atoms. The SMILES string of the molecule is CCCCCCc1ccc(C=CC(C)=O)cc1. The Kier molecular flexibility index (Phi) is 6.31. The lowest BCUT2D eigenvalue weighted by Gasteiger charge is -2.01. The molecular formula is C16H22O. The number of carbonyl (C=O) groups is 1. The maximum atomic E-state index is 10.8. The number of allylic oxidation sites excluding steroid dienone is 1. The molecule has 0 amide bonds. The summed E-state index contributed by atoms with van der Waals surface area (Å²) in [6.07, 6.45) is 9.85. The van der Waals surface area contributed by atoms with E-state index < -0.39 is 0 Å². The van der Waals surface area contributed by atoms with E-state index in [0.29, 0.717) is 0 Å². The number of unbranched alkanes of at least 4 members (excludes halogenated alkanes) is 3. The lowest BCUT2D eigenvalue weighted by Crippen LogP contribution is -1.86. The molecule has 1 rings (SSSR count). The number of ketones is 1. The van der Waals surface area contributed by atoms with E-state index in [1.165, 1.54) is 31.2 Å². The van der Waals surface area contributed by atoms with E-state index in [0.717, 1.165) is 12.0 Å². The Morgan fingerprint density at radius 2 is 1.82 bits per heavy atom. The normalized spacial score (nSPS) is 10.9. The minimum Gasteiger partial charge on any atom is -0.295 e. The Balaban J connectivity index is 2.42. The number of hydrogen-bond donors (Lipinski definition) is 0. The fraction of sp³-hybridized carbons (Fsp3) is 0.438. The molecule has 92 valence electrons. The van der Waals surface area contributed by atoms with E-state index in [2.05, 4.69) is 31.2 Å². The van der Waals surface area contributed by atoms with Crippen LogP contribution in [0.5, 0.6) is 0 Å². The molecule has 1 aromatic carbocycles. The highest BCUT2D eigenvalue weighted by molar-refractivity contribution is 5.91. The average Bonchev–Trinajstić information content (AvgIpc) is 2.33. The van der Waals surface area contributed by atoms with Gasteiger partial charge < -0.3 is 0 Å². The van der Waals surface area contributed by atoms with E-state index in [4.69, 9.17) is 0 Å². The summed E-state index contributed by atoms with van der Waals surface area (Å²) in [4.78, 5) is 10.8. The highest BCUT2D eigenvalue weighted by atomic mass is 16.1. The Bertz CT molecular complexity index is 360. The summed E-state index contributed by atoms with van der Waals surface area (Å²) >= 11 is 0. The molecule has 0 saturated carbocycles. The first-order valence-corrected chi connectivity index (χ1v) is 6.50. The maximum absolute atomic E-state index is 10.8. The summed E-state index contributed by atoms with van der Waals surface area (Å²) in [6.45, 7) is 3.80. The quantitative estimate of drug-likeness (QED) is 0.501. The van der Waals surface area contributed by atoms with Gasteiger partial charge in [-0.15, -0.1) is 0 Å². The zero-order chi connectivity index (χ0) is 12.5. The molecule has 0 radical (unpaired) electrons. The molecule has 0 saturated heterocycles. The van der Waals surface area contributed by atoms with Gasteiger partial charge in [0.2, 0.25) is 0 Å². The van der Waals surface area contributed by atoms with Crippen molar-refractivity contribution >= 4 is 11.9 Å². The predicted molar refractivity (Wildman–Crippen MR) is 74.0 cm³/mol. The molecule has 0 atom stereocenters. The van der Waals surface area contributed by atoms with Gasteiger partial charge in [0.1, 0.15) is 0 Å². The molecule has 0 aromatic heterocycles. The number of hydrogen-bond acceptors (Lipinski definition) is 1. The molecule has 0 N–H and O–H groups in total. The second-order valence-corrected chi connectivity index (χ2v) is 4.50. The van der Waals surface area contributed by atoms with Gasteiger partial charge in [0.25, 0.3) is 0 Å². The van der Waals surface area contributed by atoms with Crippen molar-refractivity contribution in [2.45, 2.75) is 46.0 Å². The monoisotopic (exact) mass is 230 g/mol. The van der Waals surface area contributed by atoms with Crippen LogP contribution in [0.2, 0.25) is 0 Å². The number of benzene rings is 1. The van der Waals surface area contributed by atoms with E-state index in [-0.39, 0.29) is 5.78 Å². The van der Waals surface area contributed by atoms with Crippen molar-refractivity contribution in [3.8, 4) is 0 Å². The molecule has 0 aliphatic rings. The van der Waals surface area contributed by atoms with Gasteiger partial charge in [-0.1, -0.05) is 56.5 Å². The zero-order valence-corrected chi connectivity index (χ0v) is 10.9. The van der Waals surface area contributed by atoms with Gasteiger partial charge >= 0.3 is 0 Å². The Hall–Kier alpha value is -1.37. The van der Waals surface area contributed by atoms with Gasteiger partial charge in [-0.3, -0.25) is 4.79 Å². The lowest BCUT2D eigenvalue weighted by molar-refractivity contribution is -0.112. The maximum Gasteiger partial charge on any atom is 0.152 e. The van der Waals surface area contributed by atoms with Crippen LogP contribution in [0, 0.1) is 0 Å². The first kappa shape index (κ1) is 13.7. The number of aryl methyl sites for hydroxylation is 1. The third kappa shape index (κ3) is 6.06. The van der Waals surface area contributed by atoms with Crippen molar-refractivity contribution in [3.05, 3.63) is 41.5 Å². The highest BCUT2D eigenvalue weighted by Crippen LogP contribution is 2.10. The topological polar surface area (TPSA) is 17.1 Å². The van der Waals surface area contributed by atoms with E-state index in [1.807, 2.05) is 6.08 Å². The third-order valence-electron chi connectivity index (χ3n) is 2.81. The molecule has 0 fully saturated rings. The summed E-state index contributed by atoms with van der Waals surface area (Å²) in [5.41, 5.74) is 2.48. The van der Waals surface area contributed by atoms with Crippen LogP contribution in [0.4, 0.5) is 0 Å². The first-order chi connectivity index (χ1) is 8.22. The summed E-state index contributed by atoms with van der Waals surface area (Å²) in [5, 5.41) is 0.